The van der Waals surface area contributed by atoms with Crippen LogP contribution in [0.3, 0.4) is 0 Å². The first-order valence-electron chi connectivity index (χ1n) is 7.02. The SMILES string of the molecule is CC(CNS(=O)(=O)N1CCCC(CO)C1)C(C)(C)C. The average Bonchev–Trinajstić information content (AvgIpc) is 2.35. The van der Waals surface area contributed by atoms with Gasteiger partial charge in [0.1, 0.15) is 0 Å². The Bertz CT molecular complexity index is 376. The van der Waals surface area contributed by atoms with Gasteiger partial charge in [0, 0.05) is 26.2 Å². The fraction of sp³-hybridized carbons (Fsp3) is 1.00. The predicted octanol–water partition coefficient (Wildman–Crippen LogP) is 1.21. The lowest BCUT2D eigenvalue weighted by molar-refractivity contribution is 0.164. The third-order valence-corrected chi connectivity index (χ3v) is 5.67. The number of rotatable bonds is 5. The first kappa shape index (κ1) is 16.9. The average molecular weight is 292 g/mol. The summed E-state index contributed by atoms with van der Waals surface area (Å²) in [5, 5.41) is 9.16. The van der Waals surface area contributed by atoms with Crippen LogP contribution in [-0.4, -0.2) is 44.1 Å². The van der Waals surface area contributed by atoms with Crippen LogP contribution in [-0.2, 0) is 10.2 Å². The smallest absolute Gasteiger partial charge is 0.279 e. The van der Waals surface area contributed by atoms with Gasteiger partial charge in [-0.3, -0.25) is 0 Å². The molecule has 0 radical (unpaired) electrons. The molecule has 0 aromatic carbocycles. The number of aliphatic hydroxyl groups excluding tert-OH is 1. The minimum atomic E-state index is -3.41. The molecular weight excluding hydrogens is 264 g/mol. The van der Waals surface area contributed by atoms with Gasteiger partial charge in [0.25, 0.3) is 10.2 Å². The number of hydrogen-bond donors (Lipinski definition) is 2. The zero-order chi connectivity index (χ0) is 14.7. The van der Waals surface area contributed by atoms with Crippen LogP contribution in [0.1, 0.15) is 40.5 Å². The maximum atomic E-state index is 12.2. The Morgan fingerprint density at radius 1 is 1.42 bits per heavy atom. The zero-order valence-corrected chi connectivity index (χ0v) is 13.3. The molecule has 2 atom stereocenters. The molecule has 19 heavy (non-hydrogen) atoms. The summed E-state index contributed by atoms with van der Waals surface area (Å²) in [5.41, 5.74) is 0.0814. The minimum absolute atomic E-state index is 0.0599. The first-order valence-corrected chi connectivity index (χ1v) is 8.46. The zero-order valence-electron chi connectivity index (χ0n) is 12.5. The van der Waals surface area contributed by atoms with Crippen molar-refractivity contribution < 1.29 is 13.5 Å². The predicted molar refractivity (Wildman–Crippen MR) is 76.9 cm³/mol. The van der Waals surface area contributed by atoms with E-state index in [0.717, 1.165) is 12.8 Å². The standard InChI is InChI=1S/C13H28N2O3S/c1-11(13(2,3)4)8-14-19(17,18)15-7-5-6-12(9-15)10-16/h11-12,14,16H,5-10H2,1-4H3. The van der Waals surface area contributed by atoms with Crippen molar-refractivity contribution in [2.45, 2.75) is 40.5 Å². The Morgan fingerprint density at radius 2 is 2.05 bits per heavy atom. The second-order valence-electron chi connectivity index (χ2n) is 6.67. The molecule has 0 bridgehead atoms. The third kappa shape index (κ3) is 5.02. The summed E-state index contributed by atoms with van der Waals surface area (Å²) in [6.07, 6.45) is 1.72. The van der Waals surface area contributed by atoms with E-state index >= 15 is 0 Å². The van der Waals surface area contributed by atoms with Crippen LogP contribution in [0.5, 0.6) is 0 Å². The molecule has 1 heterocycles. The number of aliphatic hydroxyl groups is 1. The number of nitrogens with one attached hydrogen (secondary N) is 1. The van der Waals surface area contributed by atoms with Crippen molar-refractivity contribution in [1.29, 1.82) is 0 Å². The van der Waals surface area contributed by atoms with E-state index < -0.39 is 10.2 Å². The van der Waals surface area contributed by atoms with Gasteiger partial charge in [-0.05, 0) is 30.1 Å². The second kappa shape index (κ2) is 6.52. The third-order valence-electron chi connectivity index (χ3n) is 4.13. The van der Waals surface area contributed by atoms with E-state index in [1.165, 1.54) is 4.31 Å². The molecule has 6 heteroatoms. The van der Waals surface area contributed by atoms with Gasteiger partial charge in [0.05, 0.1) is 0 Å². The fourth-order valence-electron chi connectivity index (χ4n) is 2.02. The summed E-state index contributed by atoms with van der Waals surface area (Å²) in [6, 6.07) is 0. The highest BCUT2D eigenvalue weighted by Crippen LogP contribution is 2.25. The van der Waals surface area contributed by atoms with E-state index in [4.69, 9.17) is 5.11 Å². The van der Waals surface area contributed by atoms with Crippen LogP contribution < -0.4 is 4.72 Å². The summed E-state index contributed by atoms with van der Waals surface area (Å²) in [6.45, 7) is 9.86. The molecule has 0 spiro atoms. The van der Waals surface area contributed by atoms with E-state index in [9.17, 15) is 8.42 Å². The molecule has 0 saturated carbocycles. The Kier molecular flexibility index (Phi) is 5.79. The Morgan fingerprint density at radius 3 is 2.58 bits per heavy atom. The first-order chi connectivity index (χ1) is 8.66. The van der Waals surface area contributed by atoms with Gasteiger partial charge in [-0.1, -0.05) is 27.7 Å². The maximum absolute atomic E-state index is 12.2. The molecule has 1 rings (SSSR count). The van der Waals surface area contributed by atoms with Crippen molar-refractivity contribution in [3.05, 3.63) is 0 Å². The van der Waals surface area contributed by atoms with Gasteiger partial charge in [0.15, 0.2) is 0 Å². The Labute approximate surface area is 117 Å². The van der Waals surface area contributed by atoms with E-state index in [1.807, 2.05) is 0 Å². The van der Waals surface area contributed by atoms with Gasteiger partial charge in [-0.2, -0.15) is 12.7 Å². The molecule has 5 nitrogen and oxygen atoms in total. The van der Waals surface area contributed by atoms with E-state index in [1.54, 1.807) is 0 Å². The Balaban J connectivity index is 2.56. The van der Waals surface area contributed by atoms with Crippen LogP contribution >= 0.6 is 0 Å². The minimum Gasteiger partial charge on any atom is -0.396 e. The molecule has 1 aliphatic rings. The highest BCUT2D eigenvalue weighted by molar-refractivity contribution is 7.87. The second-order valence-corrected chi connectivity index (χ2v) is 8.42. The van der Waals surface area contributed by atoms with Crippen LogP contribution in [0.25, 0.3) is 0 Å². The summed E-state index contributed by atoms with van der Waals surface area (Å²) in [4.78, 5) is 0. The van der Waals surface area contributed by atoms with Gasteiger partial charge in [-0.15, -0.1) is 0 Å². The molecule has 114 valence electrons. The van der Waals surface area contributed by atoms with Crippen LogP contribution in [0.4, 0.5) is 0 Å². The van der Waals surface area contributed by atoms with Crippen molar-refractivity contribution in [3.63, 3.8) is 0 Å². The van der Waals surface area contributed by atoms with Crippen LogP contribution in [0.2, 0.25) is 0 Å². The summed E-state index contributed by atoms with van der Waals surface area (Å²) >= 11 is 0. The lowest BCUT2D eigenvalue weighted by Crippen LogP contribution is -2.48. The normalized spacial score (nSPS) is 24.4. The Hall–Kier alpha value is -0.170. The molecule has 0 aliphatic carbocycles. The molecule has 0 aromatic heterocycles. The number of hydrogen-bond acceptors (Lipinski definition) is 3. The van der Waals surface area contributed by atoms with Crippen LogP contribution in [0, 0.1) is 17.3 Å². The molecule has 1 saturated heterocycles. The van der Waals surface area contributed by atoms with E-state index in [-0.39, 0.29) is 23.9 Å². The molecule has 0 aromatic rings. The van der Waals surface area contributed by atoms with Crippen molar-refractivity contribution in [3.8, 4) is 0 Å². The topological polar surface area (TPSA) is 69.6 Å². The number of nitrogens with zero attached hydrogens (tertiary/aromatic N) is 1. The highest BCUT2D eigenvalue weighted by atomic mass is 32.2. The molecule has 0 amide bonds. The van der Waals surface area contributed by atoms with Crippen LogP contribution in [0.15, 0.2) is 0 Å². The highest BCUT2D eigenvalue weighted by Gasteiger charge is 2.29. The lowest BCUT2D eigenvalue weighted by Gasteiger charge is -2.32. The summed E-state index contributed by atoms with van der Waals surface area (Å²) < 4.78 is 28.6. The van der Waals surface area contributed by atoms with E-state index in [2.05, 4.69) is 32.4 Å². The summed E-state index contributed by atoms with van der Waals surface area (Å²) in [7, 11) is -3.41. The van der Waals surface area contributed by atoms with Crippen molar-refractivity contribution >= 4 is 10.2 Å². The van der Waals surface area contributed by atoms with Gasteiger partial charge in [0.2, 0.25) is 0 Å². The number of piperidine rings is 1. The van der Waals surface area contributed by atoms with Crippen molar-refractivity contribution in [2.75, 3.05) is 26.2 Å². The van der Waals surface area contributed by atoms with E-state index in [0.29, 0.717) is 19.6 Å². The molecule has 2 N–H and O–H groups in total. The van der Waals surface area contributed by atoms with Gasteiger partial charge < -0.3 is 5.11 Å². The summed E-state index contributed by atoms with van der Waals surface area (Å²) in [5.74, 6) is 0.339. The van der Waals surface area contributed by atoms with Gasteiger partial charge >= 0.3 is 0 Å². The molecule has 1 fully saturated rings. The largest absolute Gasteiger partial charge is 0.396 e. The fourth-order valence-corrected chi connectivity index (χ4v) is 3.44. The maximum Gasteiger partial charge on any atom is 0.279 e. The quantitative estimate of drug-likeness (QED) is 0.800. The lowest BCUT2D eigenvalue weighted by atomic mass is 9.82. The van der Waals surface area contributed by atoms with Crippen molar-refractivity contribution in [1.82, 2.24) is 9.03 Å². The van der Waals surface area contributed by atoms with Crippen molar-refractivity contribution in [2.24, 2.45) is 17.3 Å². The van der Waals surface area contributed by atoms with Gasteiger partial charge in [-0.25, -0.2) is 4.72 Å². The monoisotopic (exact) mass is 292 g/mol. The molecule has 2 unspecified atom stereocenters. The molecular formula is C13H28N2O3S. The molecule has 1 aliphatic heterocycles.